The van der Waals surface area contributed by atoms with Gasteiger partial charge in [-0.05, 0) is 26.2 Å². The van der Waals surface area contributed by atoms with Crippen molar-refractivity contribution in [3.8, 4) is 0 Å². The summed E-state index contributed by atoms with van der Waals surface area (Å²) >= 11 is 0. The van der Waals surface area contributed by atoms with Crippen molar-refractivity contribution >= 4 is 5.91 Å². The maximum atomic E-state index is 11.2. The van der Waals surface area contributed by atoms with Gasteiger partial charge in [-0.25, -0.2) is 0 Å². The Morgan fingerprint density at radius 1 is 1.42 bits per heavy atom. The summed E-state index contributed by atoms with van der Waals surface area (Å²) in [6, 6.07) is 0.302. The number of nitrogens with zero attached hydrogens (tertiary/aromatic N) is 1. The van der Waals surface area contributed by atoms with Gasteiger partial charge < -0.3 is 4.90 Å². The van der Waals surface area contributed by atoms with Crippen LogP contribution in [0.4, 0.5) is 0 Å². The second kappa shape index (κ2) is 3.74. The monoisotopic (exact) mass is 167 g/mol. The number of carbonyl (C=O) groups excluding carboxylic acids is 1. The molecule has 2 heteroatoms. The van der Waals surface area contributed by atoms with Gasteiger partial charge in [-0.2, -0.15) is 0 Å². The molecule has 0 saturated carbocycles. The molecule has 1 aliphatic rings. The van der Waals surface area contributed by atoms with E-state index in [-0.39, 0.29) is 5.91 Å². The molecule has 1 unspecified atom stereocenters. The van der Waals surface area contributed by atoms with Gasteiger partial charge in [0.05, 0.1) is 6.04 Å². The van der Waals surface area contributed by atoms with Crippen LogP contribution in [0.25, 0.3) is 0 Å². The number of rotatable bonds is 1. The first-order chi connectivity index (χ1) is 5.63. The minimum absolute atomic E-state index is 0.183. The molecule has 0 aromatic heterocycles. The predicted molar refractivity (Wildman–Crippen MR) is 49.8 cm³/mol. The Bertz CT molecular complexity index is 176. The first kappa shape index (κ1) is 9.30. The van der Waals surface area contributed by atoms with Crippen LogP contribution in [0.15, 0.2) is 12.2 Å². The van der Waals surface area contributed by atoms with Crippen molar-refractivity contribution in [3.63, 3.8) is 0 Å². The van der Waals surface area contributed by atoms with Crippen molar-refractivity contribution in [2.45, 2.75) is 39.2 Å². The third kappa shape index (κ3) is 1.87. The Kier molecular flexibility index (Phi) is 2.90. The van der Waals surface area contributed by atoms with Crippen LogP contribution in [0.3, 0.4) is 0 Å². The predicted octanol–water partition coefficient (Wildman–Crippen LogP) is 1.96. The molecule has 1 heterocycles. The molecule has 0 bridgehead atoms. The molecule has 0 aromatic carbocycles. The van der Waals surface area contributed by atoms with Crippen molar-refractivity contribution in [3.05, 3.63) is 12.2 Å². The second-order valence-corrected chi connectivity index (χ2v) is 3.57. The van der Waals surface area contributed by atoms with Crippen LogP contribution in [0.2, 0.25) is 0 Å². The molecule has 1 atom stereocenters. The van der Waals surface area contributed by atoms with Gasteiger partial charge in [-0.3, -0.25) is 4.79 Å². The van der Waals surface area contributed by atoms with Gasteiger partial charge in [0.2, 0.25) is 5.91 Å². The highest BCUT2D eigenvalue weighted by Crippen LogP contribution is 2.21. The summed E-state index contributed by atoms with van der Waals surface area (Å²) in [5.74, 6) is 0.183. The highest BCUT2D eigenvalue weighted by atomic mass is 16.2. The van der Waals surface area contributed by atoms with E-state index in [2.05, 4.69) is 6.58 Å². The Morgan fingerprint density at radius 3 is 2.50 bits per heavy atom. The van der Waals surface area contributed by atoms with Gasteiger partial charge in [0, 0.05) is 13.5 Å². The molecule has 0 aliphatic carbocycles. The number of hydrogen-bond donors (Lipinski definition) is 0. The third-order valence-corrected chi connectivity index (χ3v) is 2.48. The van der Waals surface area contributed by atoms with Crippen LogP contribution in [-0.2, 0) is 4.79 Å². The molecule has 0 spiro atoms. The first-order valence-electron chi connectivity index (χ1n) is 4.55. The molecule has 1 amide bonds. The zero-order chi connectivity index (χ0) is 9.14. The largest absolute Gasteiger partial charge is 0.336 e. The van der Waals surface area contributed by atoms with Gasteiger partial charge in [0.25, 0.3) is 0 Å². The van der Waals surface area contributed by atoms with E-state index in [1.807, 2.05) is 11.8 Å². The summed E-state index contributed by atoms with van der Waals surface area (Å²) in [4.78, 5) is 13.1. The summed E-state index contributed by atoms with van der Waals surface area (Å²) in [6.07, 6.45) is 3.46. The van der Waals surface area contributed by atoms with Crippen LogP contribution in [0.5, 0.6) is 0 Å². The zero-order valence-electron chi connectivity index (χ0n) is 7.97. The van der Waals surface area contributed by atoms with Crippen molar-refractivity contribution in [1.29, 1.82) is 0 Å². The molecule has 1 rings (SSSR count). The Hall–Kier alpha value is -0.790. The second-order valence-electron chi connectivity index (χ2n) is 3.57. The first-order valence-corrected chi connectivity index (χ1v) is 4.55. The third-order valence-electron chi connectivity index (χ3n) is 2.48. The maximum Gasteiger partial charge on any atom is 0.219 e. The normalized spacial score (nSPS) is 23.8. The minimum atomic E-state index is 0.183. The van der Waals surface area contributed by atoms with E-state index >= 15 is 0 Å². The quantitative estimate of drug-likeness (QED) is 0.547. The SMILES string of the molecule is C=C(C)C1CCCCN1C(C)=O. The summed E-state index contributed by atoms with van der Waals surface area (Å²) in [5.41, 5.74) is 1.12. The fourth-order valence-electron chi connectivity index (χ4n) is 1.82. The van der Waals surface area contributed by atoms with Crippen molar-refractivity contribution in [2.75, 3.05) is 6.54 Å². The Morgan fingerprint density at radius 2 is 2.08 bits per heavy atom. The van der Waals surface area contributed by atoms with Crippen LogP contribution in [0.1, 0.15) is 33.1 Å². The summed E-state index contributed by atoms with van der Waals surface area (Å²) in [5, 5.41) is 0. The van der Waals surface area contributed by atoms with Crippen molar-refractivity contribution in [2.24, 2.45) is 0 Å². The minimum Gasteiger partial charge on any atom is -0.336 e. The lowest BCUT2D eigenvalue weighted by atomic mass is 9.97. The topological polar surface area (TPSA) is 20.3 Å². The van der Waals surface area contributed by atoms with E-state index in [0.717, 1.165) is 25.0 Å². The van der Waals surface area contributed by atoms with Crippen LogP contribution < -0.4 is 0 Å². The number of carbonyl (C=O) groups is 1. The lowest BCUT2D eigenvalue weighted by molar-refractivity contribution is -0.131. The number of amides is 1. The average Bonchev–Trinajstić information content (AvgIpc) is 2.04. The maximum absolute atomic E-state index is 11.2. The summed E-state index contributed by atoms with van der Waals surface area (Å²) in [6.45, 7) is 8.47. The lowest BCUT2D eigenvalue weighted by Gasteiger charge is -2.35. The van der Waals surface area contributed by atoms with E-state index in [9.17, 15) is 4.79 Å². The molecule has 0 aromatic rings. The van der Waals surface area contributed by atoms with Crippen molar-refractivity contribution in [1.82, 2.24) is 4.90 Å². The zero-order valence-corrected chi connectivity index (χ0v) is 7.97. The van der Waals surface area contributed by atoms with Gasteiger partial charge >= 0.3 is 0 Å². The molecule has 1 saturated heterocycles. The van der Waals surface area contributed by atoms with Crippen LogP contribution in [-0.4, -0.2) is 23.4 Å². The highest BCUT2D eigenvalue weighted by Gasteiger charge is 2.24. The molecule has 0 N–H and O–H groups in total. The van der Waals surface area contributed by atoms with Gasteiger partial charge in [0.15, 0.2) is 0 Å². The van der Waals surface area contributed by atoms with Crippen LogP contribution in [0, 0.1) is 0 Å². The van der Waals surface area contributed by atoms with E-state index in [1.54, 1.807) is 6.92 Å². The van der Waals surface area contributed by atoms with E-state index in [4.69, 9.17) is 0 Å². The number of likely N-dealkylation sites (tertiary alicyclic amines) is 1. The van der Waals surface area contributed by atoms with E-state index in [0.29, 0.717) is 6.04 Å². The lowest BCUT2D eigenvalue weighted by Crippen LogP contribution is -2.42. The average molecular weight is 167 g/mol. The number of hydrogen-bond acceptors (Lipinski definition) is 1. The Balaban J connectivity index is 2.67. The summed E-state index contributed by atoms with van der Waals surface area (Å²) in [7, 11) is 0. The van der Waals surface area contributed by atoms with Gasteiger partial charge in [-0.15, -0.1) is 0 Å². The number of piperidine rings is 1. The Labute approximate surface area is 74.2 Å². The van der Waals surface area contributed by atoms with Gasteiger partial charge in [0.1, 0.15) is 0 Å². The highest BCUT2D eigenvalue weighted by molar-refractivity contribution is 5.74. The van der Waals surface area contributed by atoms with E-state index in [1.165, 1.54) is 6.42 Å². The van der Waals surface area contributed by atoms with E-state index < -0.39 is 0 Å². The molecule has 68 valence electrons. The summed E-state index contributed by atoms with van der Waals surface area (Å²) < 4.78 is 0. The van der Waals surface area contributed by atoms with Crippen molar-refractivity contribution < 1.29 is 4.79 Å². The standard InChI is InChI=1S/C10H17NO/c1-8(2)10-6-4-5-7-11(10)9(3)12/h10H,1,4-7H2,2-3H3. The fourth-order valence-corrected chi connectivity index (χ4v) is 1.82. The molecule has 1 fully saturated rings. The molecule has 2 nitrogen and oxygen atoms in total. The smallest absolute Gasteiger partial charge is 0.219 e. The van der Waals surface area contributed by atoms with Crippen LogP contribution >= 0.6 is 0 Å². The molecular weight excluding hydrogens is 150 g/mol. The molecule has 1 aliphatic heterocycles. The van der Waals surface area contributed by atoms with Gasteiger partial charge in [-0.1, -0.05) is 12.2 Å². The molecule has 12 heavy (non-hydrogen) atoms. The molecular formula is C10H17NO. The molecule has 0 radical (unpaired) electrons. The fraction of sp³-hybridized carbons (Fsp3) is 0.700.